The van der Waals surface area contributed by atoms with Gasteiger partial charge in [0.05, 0.1) is 12.0 Å². The number of ether oxygens (including phenoxy) is 2. The minimum Gasteiger partial charge on any atom is -0.434 e. The van der Waals surface area contributed by atoms with E-state index < -0.39 is 28.3 Å². The average molecular weight is 297 g/mol. The van der Waals surface area contributed by atoms with Crippen molar-refractivity contribution in [1.29, 1.82) is 0 Å². The van der Waals surface area contributed by atoms with Crippen LogP contribution in [0.2, 0.25) is 0 Å². The topological polar surface area (TPSA) is 82.8 Å². The van der Waals surface area contributed by atoms with E-state index in [0.29, 0.717) is 0 Å². The lowest BCUT2D eigenvalue weighted by Gasteiger charge is -2.06. The number of fused-ring (bicyclic) bond motifs is 1. The van der Waals surface area contributed by atoms with Crippen molar-refractivity contribution in [1.82, 2.24) is 0 Å². The molecule has 1 heterocycles. The number of carbonyl (C=O) groups is 2. The van der Waals surface area contributed by atoms with E-state index in [1.54, 1.807) is 19.1 Å². The largest absolute Gasteiger partial charge is 0.516 e. The number of halogens is 1. The van der Waals surface area contributed by atoms with E-state index in [9.17, 15) is 14.4 Å². The van der Waals surface area contributed by atoms with Crippen LogP contribution < -0.4 is 10.2 Å². The van der Waals surface area contributed by atoms with Crippen molar-refractivity contribution in [2.75, 3.05) is 6.61 Å². The monoisotopic (exact) mass is 296 g/mol. The second-order valence-corrected chi connectivity index (χ2v) is 3.99. The van der Waals surface area contributed by atoms with Crippen LogP contribution in [0.3, 0.4) is 0 Å². The molecular weight excluding hydrogens is 288 g/mol. The molecule has 0 fully saturated rings. The second-order valence-electron chi connectivity index (χ2n) is 3.65. The number of hydrogen-bond acceptors (Lipinski definition) is 6. The van der Waals surface area contributed by atoms with Gasteiger partial charge < -0.3 is 13.9 Å². The smallest absolute Gasteiger partial charge is 0.434 e. The molecule has 0 saturated carbocycles. The van der Waals surface area contributed by atoms with Crippen LogP contribution in [-0.4, -0.2) is 18.0 Å². The Morgan fingerprint density at radius 1 is 1.30 bits per heavy atom. The summed E-state index contributed by atoms with van der Waals surface area (Å²) in [5.74, 6) is -0.577. The van der Waals surface area contributed by atoms with Gasteiger partial charge in [0.2, 0.25) is 5.43 Å². The molecule has 0 spiro atoms. The highest BCUT2D eigenvalue weighted by Crippen LogP contribution is 2.23. The van der Waals surface area contributed by atoms with Gasteiger partial charge in [0.25, 0.3) is 5.24 Å². The molecule has 0 N–H and O–H groups in total. The molecule has 0 unspecified atom stereocenters. The van der Waals surface area contributed by atoms with E-state index in [1.165, 1.54) is 12.1 Å². The van der Waals surface area contributed by atoms with Gasteiger partial charge in [0.1, 0.15) is 5.58 Å². The van der Waals surface area contributed by atoms with Crippen LogP contribution in [0, 0.1) is 0 Å². The zero-order chi connectivity index (χ0) is 14.7. The SMILES string of the molecule is CCOC(=O)Oc1oc2ccccc2c(=O)c1C(=O)Cl. The third-order valence-corrected chi connectivity index (χ3v) is 2.59. The van der Waals surface area contributed by atoms with Crippen molar-refractivity contribution >= 4 is 34.0 Å². The Bertz CT molecular complexity index is 733. The van der Waals surface area contributed by atoms with Crippen molar-refractivity contribution in [3.63, 3.8) is 0 Å². The normalized spacial score (nSPS) is 10.3. The highest BCUT2D eigenvalue weighted by Gasteiger charge is 2.23. The summed E-state index contributed by atoms with van der Waals surface area (Å²) in [6.45, 7) is 1.65. The molecule has 20 heavy (non-hydrogen) atoms. The van der Waals surface area contributed by atoms with E-state index in [4.69, 9.17) is 20.8 Å². The Balaban J connectivity index is 2.63. The minimum absolute atomic E-state index is 0.0702. The Kier molecular flexibility index (Phi) is 4.05. The maximum Gasteiger partial charge on any atom is 0.516 e. The predicted octanol–water partition coefficient (Wildman–Crippen LogP) is 2.71. The van der Waals surface area contributed by atoms with Gasteiger partial charge >= 0.3 is 12.1 Å². The van der Waals surface area contributed by atoms with Gasteiger partial charge in [-0.25, -0.2) is 4.79 Å². The standard InChI is InChI=1S/C13H9ClO6/c1-2-18-13(17)20-12-9(11(14)16)10(15)7-5-3-4-6-8(7)19-12/h3-6H,2H2,1H3. The molecule has 7 heteroatoms. The van der Waals surface area contributed by atoms with Crippen molar-refractivity contribution < 1.29 is 23.5 Å². The second kappa shape index (κ2) is 5.75. The van der Waals surface area contributed by atoms with Gasteiger partial charge in [-0.05, 0) is 30.7 Å². The van der Waals surface area contributed by atoms with Crippen LogP contribution in [0.4, 0.5) is 4.79 Å². The molecule has 1 aromatic carbocycles. The molecule has 6 nitrogen and oxygen atoms in total. The Hall–Kier alpha value is -2.34. The van der Waals surface area contributed by atoms with Crippen LogP contribution in [-0.2, 0) is 4.74 Å². The minimum atomic E-state index is -1.09. The number of para-hydroxylation sites is 1. The van der Waals surface area contributed by atoms with Crippen molar-refractivity contribution in [3.05, 3.63) is 40.1 Å². The maximum atomic E-state index is 12.1. The van der Waals surface area contributed by atoms with E-state index in [0.717, 1.165) is 0 Å². The molecule has 0 saturated heterocycles. The molecule has 0 aliphatic rings. The van der Waals surface area contributed by atoms with E-state index >= 15 is 0 Å². The average Bonchev–Trinajstić information content (AvgIpc) is 2.38. The fraction of sp³-hybridized carbons (Fsp3) is 0.154. The number of benzene rings is 1. The molecule has 0 aliphatic heterocycles. The van der Waals surface area contributed by atoms with Gasteiger partial charge in [0.15, 0.2) is 5.56 Å². The fourth-order valence-electron chi connectivity index (χ4n) is 1.59. The Labute approximate surface area is 117 Å². The summed E-state index contributed by atoms with van der Waals surface area (Å²) in [7, 11) is 0. The third-order valence-electron chi connectivity index (χ3n) is 2.40. The maximum absolute atomic E-state index is 12.1. The molecule has 1 aromatic heterocycles. The number of rotatable bonds is 3. The van der Waals surface area contributed by atoms with Crippen LogP contribution in [0.25, 0.3) is 11.0 Å². The van der Waals surface area contributed by atoms with Crippen LogP contribution in [0.5, 0.6) is 5.95 Å². The van der Waals surface area contributed by atoms with Gasteiger partial charge in [-0.1, -0.05) is 12.1 Å². The molecule has 0 amide bonds. The summed E-state index contributed by atoms with van der Waals surface area (Å²) in [4.78, 5) is 34.7. The Morgan fingerprint density at radius 3 is 2.65 bits per heavy atom. The van der Waals surface area contributed by atoms with Gasteiger partial charge in [0, 0.05) is 0 Å². The highest BCUT2D eigenvalue weighted by atomic mass is 35.5. The van der Waals surface area contributed by atoms with Gasteiger partial charge in [-0.15, -0.1) is 0 Å². The summed E-state index contributed by atoms with van der Waals surface area (Å²) >= 11 is 5.34. The first-order valence-corrected chi connectivity index (χ1v) is 6.02. The molecule has 104 valence electrons. The lowest BCUT2D eigenvalue weighted by Crippen LogP contribution is -2.18. The zero-order valence-corrected chi connectivity index (χ0v) is 11.1. The van der Waals surface area contributed by atoms with Crippen LogP contribution in [0.15, 0.2) is 33.5 Å². The summed E-state index contributed by atoms with van der Waals surface area (Å²) in [5.41, 5.74) is -1.05. The molecule has 2 rings (SSSR count). The first-order valence-electron chi connectivity index (χ1n) is 5.65. The van der Waals surface area contributed by atoms with E-state index in [1.807, 2.05) is 0 Å². The summed E-state index contributed by atoms with van der Waals surface area (Å²) in [5, 5.41) is -0.920. The summed E-state index contributed by atoms with van der Waals surface area (Å²) in [6, 6.07) is 6.20. The number of carbonyl (C=O) groups excluding carboxylic acids is 2. The molecule has 0 radical (unpaired) electrons. The lowest BCUT2D eigenvalue weighted by atomic mass is 10.2. The van der Waals surface area contributed by atoms with E-state index in [2.05, 4.69) is 4.74 Å². The lowest BCUT2D eigenvalue weighted by molar-refractivity contribution is 0.0934. The first kappa shape index (κ1) is 14.1. The quantitative estimate of drug-likeness (QED) is 0.639. The van der Waals surface area contributed by atoms with Gasteiger partial charge in [-0.3, -0.25) is 9.59 Å². The molecule has 2 aromatic rings. The Morgan fingerprint density at radius 2 is 2.00 bits per heavy atom. The molecule has 0 bridgehead atoms. The predicted molar refractivity (Wildman–Crippen MR) is 70.3 cm³/mol. The third kappa shape index (κ3) is 2.65. The summed E-state index contributed by atoms with van der Waals surface area (Å²) in [6.07, 6.45) is -1.09. The van der Waals surface area contributed by atoms with Crippen molar-refractivity contribution in [2.45, 2.75) is 6.92 Å². The van der Waals surface area contributed by atoms with Gasteiger partial charge in [-0.2, -0.15) is 0 Å². The molecule has 0 aliphatic carbocycles. The summed E-state index contributed by atoms with van der Waals surface area (Å²) < 4.78 is 14.5. The highest BCUT2D eigenvalue weighted by molar-refractivity contribution is 6.68. The fourth-order valence-corrected chi connectivity index (χ4v) is 1.75. The first-order chi connectivity index (χ1) is 9.54. The van der Waals surface area contributed by atoms with Crippen LogP contribution in [0.1, 0.15) is 17.3 Å². The van der Waals surface area contributed by atoms with Crippen LogP contribution >= 0.6 is 11.6 Å². The number of hydrogen-bond donors (Lipinski definition) is 0. The zero-order valence-electron chi connectivity index (χ0n) is 10.3. The van der Waals surface area contributed by atoms with Crippen molar-refractivity contribution in [2.24, 2.45) is 0 Å². The molecule has 0 atom stereocenters. The van der Waals surface area contributed by atoms with E-state index in [-0.39, 0.29) is 17.6 Å². The molecular formula is C13H9ClO6. The van der Waals surface area contributed by atoms with Crippen molar-refractivity contribution in [3.8, 4) is 5.95 Å².